The lowest BCUT2D eigenvalue weighted by Gasteiger charge is -2.22. The van der Waals surface area contributed by atoms with Crippen LogP contribution in [0.4, 0.5) is 0 Å². The van der Waals surface area contributed by atoms with Crippen molar-refractivity contribution in [3.63, 3.8) is 0 Å². The molecule has 94 valence electrons. The molecule has 0 fully saturated rings. The Morgan fingerprint density at radius 3 is 3.11 bits per heavy atom. The zero-order valence-electron chi connectivity index (χ0n) is 9.61. The Morgan fingerprint density at radius 2 is 2.33 bits per heavy atom. The van der Waals surface area contributed by atoms with Gasteiger partial charge in [-0.3, -0.25) is 4.79 Å². The van der Waals surface area contributed by atoms with Crippen molar-refractivity contribution >= 4 is 33.2 Å². The normalized spacial score (nSPS) is 18.4. The number of nitrogens with one attached hydrogen (secondary N) is 1. The van der Waals surface area contributed by atoms with Gasteiger partial charge in [-0.25, -0.2) is 0 Å². The van der Waals surface area contributed by atoms with Crippen LogP contribution in [0.2, 0.25) is 0 Å². The van der Waals surface area contributed by atoms with Crippen LogP contribution in [0, 0.1) is 0 Å². The third kappa shape index (κ3) is 2.24. The van der Waals surface area contributed by atoms with Crippen LogP contribution >= 0.6 is 27.3 Å². The van der Waals surface area contributed by atoms with E-state index in [1.807, 2.05) is 18.2 Å². The van der Waals surface area contributed by atoms with E-state index in [0.717, 1.165) is 39.2 Å². The van der Waals surface area contributed by atoms with Crippen molar-refractivity contribution in [2.24, 2.45) is 0 Å². The van der Waals surface area contributed by atoms with E-state index < -0.39 is 0 Å². The summed E-state index contributed by atoms with van der Waals surface area (Å²) in [6.45, 7) is 0. The lowest BCUT2D eigenvalue weighted by molar-refractivity contribution is 0.0936. The Bertz CT molecular complexity index is 575. The topological polar surface area (TPSA) is 42.2 Å². The Morgan fingerprint density at radius 1 is 1.44 bits per heavy atom. The van der Waals surface area contributed by atoms with Crippen LogP contribution in [-0.4, -0.2) is 5.91 Å². The first-order valence-corrected chi connectivity index (χ1v) is 7.47. The molecule has 1 aliphatic carbocycles. The third-order valence-corrected chi connectivity index (χ3v) is 4.78. The number of rotatable bonds is 2. The summed E-state index contributed by atoms with van der Waals surface area (Å²) in [4.78, 5) is 12.8. The van der Waals surface area contributed by atoms with Crippen molar-refractivity contribution in [1.82, 2.24) is 5.32 Å². The first-order valence-electron chi connectivity index (χ1n) is 5.86. The van der Waals surface area contributed by atoms with Crippen molar-refractivity contribution in [2.45, 2.75) is 25.3 Å². The van der Waals surface area contributed by atoms with Gasteiger partial charge in [0.2, 0.25) is 0 Å². The van der Waals surface area contributed by atoms with Crippen LogP contribution < -0.4 is 5.32 Å². The number of halogens is 1. The molecule has 2 aromatic rings. The van der Waals surface area contributed by atoms with Gasteiger partial charge in [0.1, 0.15) is 5.76 Å². The molecule has 2 heterocycles. The predicted molar refractivity (Wildman–Crippen MR) is 73.9 cm³/mol. The second-order valence-corrected chi connectivity index (χ2v) is 6.78. The molecule has 2 aromatic heterocycles. The van der Waals surface area contributed by atoms with Crippen LogP contribution in [0.15, 0.2) is 32.7 Å². The fourth-order valence-electron chi connectivity index (χ4n) is 2.30. The number of carbonyl (C=O) groups is 1. The molecule has 3 nitrogen and oxygen atoms in total. The average Bonchev–Trinajstić information content (AvgIpc) is 2.97. The van der Waals surface area contributed by atoms with Gasteiger partial charge < -0.3 is 9.73 Å². The van der Waals surface area contributed by atoms with E-state index in [9.17, 15) is 4.79 Å². The molecule has 3 rings (SSSR count). The van der Waals surface area contributed by atoms with Gasteiger partial charge in [0.05, 0.1) is 21.0 Å². The molecule has 0 saturated carbocycles. The molecule has 0 aromatic carbocycles. The first kappa shape index (κ1) is 12.0. The van der Waals surface area contributed by atoms with E-state index in [1.165, 1.54) is 11.3 Å². The van der Waals surface area contributed by atoms with Crippen molar-refractivity contribution < 1.29 is 9.21 Å². The van der Waals surface area contributed by atoms with Gasteiger partial charge in [-0.15, -0.1) is 11.3 Å². The highest BCUT2D eigenvalue weighted by molar-refractivity contribution is 9.11. The minimum atomic E-state index is -0.00949. The van der Waals surface area contributed by atoms with Crippen LogP contribution in [0.5, 0.6) is 0 Å². The fraction of sp³-hybridized carbons (Fsp3) is 0.308. The van der Waals surface area contributed by atoms with Crippen molar-refractivity contribution in [2.75, 3.05) is 0 Å². The highest BCUT2D eigenvalue weighted by atomic mass is 79.9. The minimum absolute atomic E-state index is 0.00949. The van der Waals surface area contributed by atoms with Gasteiger partial charge in [-0.05, 0) is 47.0 Å². The van der Waals surface area contributed by atoms with Gasteiger partial charge in [0.25, 0.3) is 5.91 Å². The number of fused-ring (bicyclic) bond motifs is 1. The van der Waals surface area contributed by atoms with Crippen molar-refractivity contribution in [3.05, 3.63) is 44.4 Å². The highest BCUT2D eigenvalue weighted by Gasteiger charge is 2.24. The first-order chi connectivity index (χ1) is 8.74. The van der Waals surface area contributed by atoms with Gasteiger partial charge in [-0.1, -0.05) is 0 Å². The molecule has 0 radical (unpaired) electrons. The minimum Gasteiger partial charge on any atom is -0.469 e. The lowest BCUT2D eigenvalue weighted by atomic mass is 9.93. The molecule has 18 heavy (non-hydrogen) atoms. The SMILES string of the molecule is O=C(NC1CCCc2occc21)c1ccc(Br)s1. The second-order valence-electron chi connectivity index (χ2n) is 4.32. The van der Waals surface area contributed by atoms with Crippen molar-refractivity contribution in [3.8, 4) is 0 Å². The summed E-state index contributed by atoms with van der Waals surface area (Å²) in [5.41, 5.74) is 1.13. The Balaban J connectivity index is 1.77. The number of amides is 1. The van der Waals surface area contributed by atoms with Crippen LogP contribution in [0.1, 0.15) is 39.9 Å². The standard InChI is InChI=1S/C13H12BrNO2S/c14-12-5-4-11(18-12)13(16)15-9-2-1-3-10-8(9)6-7-17-10/h4-7,9H,1-3H2,(H,15,16). The summed E-state index contributed by atoms with van der Waals surface area (Å²) in [6.07, 6.45) is 4.71. The number of hydrogen-bond acceptors (Lipinski definition) is 3. The van der Waals surface area contributed by atoms with Crippen LogP contribution in [0.3, 0.4) is 0 Å². The van der Waals surface area contributed by atoms with Crippen molar-refractivity contribution in [1.29, 1.82) is 0 Å². The van der Waals surface area contributed by atoms with Gasteiger partial charge in [0, 0.05) is 12.0 Å². The number of thiophene rings is 1. The number of hydrogen-bond donors (Lipinski definition) is 1. The van der Waals surface area contributed by atoms with Gasteiger partial charge >= 0.3 is 0 Å². The number of furan rings is 1. The molecule has 0 aliphatic heterocycles. The second kappa shape index (κ2) is 4.90. The maximum absolute atomic E-state index is 12.1. The van der Waals surface area contributed by atoms with Gasteiger partial charge in [-0.2, -0.15) is 0 Å². The molecular weight excluding hydrogens is 314 g/mol. The smallest absolute Gasteiger partial charge is 0.261 e. The van der Waals surface area contributed by atoms with E-state index >= 15 is 0 Å². The summed E-state index contributed by atoms with van der Waals surface area (Å²) in [5.74, 6) is 1.00. The van der Waals surface area contributed by atoms with E-state index in [2.05, 4.69) is 21.2 Å². The summed E-state index contributed by atoms with van der Waals surface area (Å²) in [7, 11) is 0. The van der Waals surface area contributed by atoms with E-state index in [-0.39, 0.29) is 11.9 Å². The van der Waals surface area contributed by atoms with E-state index in [0.29, 0.717) is 0 Å². The quantitative estimate of drug-likeness (QED) is 0.909. The maximum Gasteiger partial charge on any atom is 0.261 e. The molecule has 0 saturated heterocycles. The monoisotopic (exact) mass is 325 g/mol. The fourth-order valence-corrected chi connectivity index (χ4v) is 3.59. The summed E-state index contributed by atoms with van der Waals surface area (Å²) < 4.78 is 6.39. The summed E-state index contributed by atoms with van der Waals surface area (Å²) >= 11 is 4.82. The Hall–Kier alpha value is -1.07. The zero-order chi connectivity index (χ0) is 12.5. The molecule has 0 spiro atoms. The lowest BCUT2D eigenvalue weighted by Crippen LogP contribution is -2.29. The maximum atomic E-state index is 12.1. The highest BCUT2D eigenvalue weighted by Crippen LogP contribution is 2.31. The molecule has 1 aliphatic rings. The third-order valence-electron chi connectivity index (χ3n) is 3.15. The van der Waals surface area contributed by atoms with E-state index in [1.54, 1.807) is 6.26 Å². The molecular formula is C13H12BrNO2S. The Kier molecular flexibility index (Phi) is 3.26. The van der Waals surface area contributed by atoms with Gasteiger partial charge in [0.15, 0.2) is 0 Å². The number of aryl methyl sites for hydroxylation is 1. The summed E-state index contributed by atoms with van der Waals surface area (Å²) in [5, 5.41) is 3.08. The Labute approximate surface area is 117 Å². The molecule has 1 unspecified atom stereocenters. The molecule has 0 bridgehead atoms. The predicted octanol–water partition coefficient (Wildman–Crippen LogP) is 3.91. The summed E-state index contributed by atoms with van der Waals surface area (Å²) in [6, 6.07) is 5.78. The largest absolute Gasteiger partial charge is 0.469 e. The van der Waals surface area contributed by atoms with Crippen LogP contribution in [0.25, 0.3) is 0 Å². The average molecular weight is 326 g/mol. The number of carbonyl (C=O) groups excluding carboxylic acids is 1. The zero-order valence-corrected chi connectivity index (χ0v) is 12.0. The molecule has 1 atom stereocenters. The van der Waals surface area contributed by atoms with Crippen LogP contribution in [-0.2, 0) is 6.42 Å². The van der Waals surface area contributed by atoms with E-state index in [4.69, 9.17) is 4.42 Å². The molecule has 1 N–H and O–H groups in total. The molecule has 1 amide bonds. The molecule has 5 heteroatoms.